The van der Waals surface area contributed by atoms with Crippen LogP contribution in [-0.2, 0) is 10.3 Å². The molecule has 1 atom stereocenters. The Bertz CT molecular complexity index is 432. The molecular formula is C15H25N3O2. The fourth-order valence-corrected chi connectivity index (χ4v) is 3.37. The van der Waals surface area contributed by atoms with Crippen LogP contribution in [0, 0.1) is 5.92 Å². The summed E-state index contributed by atoms with van der Waals surface area (Å²) in [4.78, 5) is 4.66. The second-order valence-corrected chi connectivity index (χ2v) is 6.34. The minimum atomic E-state index is -0.330. The highest BCUT2D eigenvalue weighted by Crippen LogP contribution is 2.41. The lowest BCUT2D eigenvalue weighted by atomic mass is 9.79. The van der Waals surface area contributed by atoms with Crippen molar-refractivity contribution < 1.29 is 9.26 Å². The zero-order chi connectivity index (χ0) is 14.0. The van der Waals surface area contributed by atoms with Gasteiger partial charge in [0.15, 0.2) is 0 Å². The number of piperidine rings is 1. The van der Waals surface area contributed by atoms with Crippen LogP contribution in [0.5, 0.6) is 0 Å². The van der Waals surface area contributed by atoms with E-state index in [1.165, 1.54) is 25.7 Å². The van der Waals surface area contributed by atoms with Gasteiger partial charge in [-0.05, 0) is 51.0 Å². The molecule has 1 saturated heterocycles. The number of nitrogens with one attached hydrogen (secondary N) is 1. The second kappa shape index (κ2) is 5.82. The molecule has 3 rings (SSSR count). The molecule has 0 amide bonds. The lowest BCUT2D eigenvalue weighted by molar-refractivity contribution is -0.0609. The summed E-state index contributed by atoms with van der Waals surface area (Å²) in [6.07, 6.45) is 7.85. The van der Waals surface area contributed by atoms with E-state index < -0.39 is 0 Å². The molecule has 2 fully saturated rings. The Balaban J connectivity index is 1.77. The number of aromatic nitrogens is 2. The first-order valence-corrected chi connectivity index (χ1v) is 7.86. The zero-order valence-corrected chi connectivity index (χ0v) is 12.5. The van der Waals surface area contributed by atoms with Crippen molar-refractivity contribution in [2.75, 3.05) is 13.7 Å². The van der Waals surface area contributed by atoms with Crippen molar-refractivity contribution in [1.29, 1.82) is 0 Å². The van der Waals surface area contributed by atoms with Crippen molar-refractivity contribution >= 4 is 0 Å². The van der Waals surface area contributed by atoms with Gasteiger partial charge in [0, 0.05) is 7.11 Å². The Hall–Kier alpha value is -0.940. The molecular weight excluding hydrogens is 254 g/mol. The molecule has 2 aliphatic rings. The Labute approximate surface area is 120 Å². The number of hydrogen-bond donors (Lipinski definition) is 1. The molecule has 2 heterocycles. The number of ether oxygens (including phenoxy) is 1. The predicted octanol–water partition coefficient (Wildman–Crippen LogP) is 2.94. The standard InChI is InChI=1S/C15H25N3O2/c1-11-6-8-15(19-2,9-7-11)14-17-13(20-18-14)12-5-3-4-10-16-12/h11-12,16H,3-10H2,1-2H3/t11?,12-,15?/m0/s1. The van der Waals surface area contributed by atoms with Crippen LogP contribution in [-0.4, -0.2) is 23.8 Å². The first kappa shape index (κ1) is 14.0. The molecule has 1 N–H and O–H groups in total. The zero-order valence-electron chi connectivity index (χ0n) is 12.5. The highest BCUT2D eigenvalue weighted by atomic mass is 16.5. The third kappa shape index (κ3) is 2.61. The minimum absolute atomic E-state index is 0.224. The Morgan fingerprint density at radius 3 is 2.70 bits per heavy atom. The van der Waals surface area contributed by atoms with Crippen molar-refractivity contribution in [3.63, 3.8) is 0 Å². The highest BCUT2D eigenvalue weighted by molar-refractivity contribution is 5.05. The van der Waals surface area contributed by atoms with Crippen LogP contribution in [0.2, 0.25) is 0 Å². The highest BCUT2D eigenvalue weighted by Gasteiger charge is 2.40. The third-order valence-corrected chi connectivity index (χ3v) is 4.93. The monoisotopic (exact) mass is 279 g/mol. The summed E-state index contributed by atoms with van der Waals surface area (Å²) in [5.74, 6) is 2.24. The van der Waals surface area contributed by atoms with E-state index in [2.05, 4.69) is 22.4 Å². The van der Waals surface area contributed by atoms with E-state index in [0.717, 1.165) is 43.4 Å². The van der Waals surface area contributed by atoms with Gasteiger partial charge in [-0.25, -0.2) is 0 Å². The summed E-state index contributed by atoms with van der Waals surface area (Å²) in [5.41, 5.74) is -0.330. The fourth-order valence-electron chi connectivity index (χ4n) is 3.37. The van der Waals surface area contributed by atoms with E-state index in [9.17, 15) is 0 Å². The van der Waals surface area contributed by atoms with Gasteiger partial charge in [0.2, 0.25) is 11.7 Å². The van der Waals surface area contributed by atoms with Crippen LogP contribution in [0.15, 0.2) is 4.52 Å². The predicted molar refractivity (Wildman–Crippen MR) is 75.2 cm³/mol. The Morgan fingerprint density at radius 2 is 2.05 bits per heavy atom. The summed E-state index contributed by atoms with van der Waals surface area (Å²) in [7, 11) is 1.77. The summed E-state index contributed by atoms with van der Waals surface area (Å²) >= 11 is 0. The van der Waals surface area contributed by atoms with Crippen molar-refractivity contribution in [2.45, 2.75) is 63.5 Å². The van der Waals surface area contributed by atoms with Gasteiger partial charge in [0.25, 0.3) is 0 Å². The Morgan fingerprint density at radius 1 is 1.25 bits per heavy atom. The van der Waals surface area contributed by atoms with Gasteiger partial charge in [-0.3, -0.25) is 0 Å². The quantitative estimate of drug-likeness (QED) is 0.921. The number of methoxy groups -OCH3 is 1. The van der Waals surface area contributed by atoms with Crippen LogP contribution < -0.4 is 5.32 Å². The first-order valence-electron chi connectivity index (χ1n) is 7.86. The Kier molecular flexibility index (Phi) is 4.08. The van der Waals surface area contributed by atoms with E-state index in [1.807, 2.05) is 0 Å². The summed E-state index contributed by atoms with van der Waals surface area (Å²) in [6.45, 7) is 3.34. The summed E-state index contributed by atoms with van der Waals surface area (Å²) in [5, 5.41) is 7.68. The molecule has 5 nitrogen and oxygen atoms in total. The van der Waals surface area contributed by atoms with Gasteiger partial charge in [-0.2, -0.15) is 4.98 Å². The minimum Gasteiger partial charge on any atom is -0.370 e. The molecule has 1 aliphatic carbocycles. The maximum atomic E-state index is 5.81. The van der Waals surface area contributed by atoms with E-state index in [1.54, 1.807) is 7.11 Å². The van der Waals surface area contributed by atoms with E-state index in [4.69, 9.17) is 9.26 Å². The molecule has 1 aliphatic heterocycles. The van der Waals surface area contributed by atoms with Crippen molar-refractivity contribution in [3.05, 3.63) is 11.7 Å². The van der Waals surface area contributed by atoms with Gasteiger partial charge in [0.05, 0.1) is 6.04 Å². The largest absolute Gasteiger partial charge is 0.370 e. The van der Waals surface area contributed by atoms with Gasteiger partial charge >= 0.3 is 0 Å². The van der Waals surface area contributed by atoms with Gasteiger partial charge in [-0.15, -0.1) is 0 Å². The van der Waals surface area contributed by atoms with Crippen LogP contribution in [0.4, 0.5) is 0 Å². The van der Waals surface area contributed by atoms with Crippen molar-refractivity contribution in [1.82, 2.24) is 15.5 Å². The molecule has 0 spiro atoms. The number of hydrogen-bond acceptors (Lipinski definition) is 5. The molecule has 1 aromatic heterocycles. The fraction of sp³-hybridized carbons (Fsp3) is 0.867. The molecule has 20 heavy (non-hydrogen) atoms. The maximum absolute atomic E-state index is 5.81. The first-order chi connectivity index (χ1) is 9.73. The molecule has 0 aromatic carbocycles. The number of rotatable bonds is 3. The molecule has 112 valence electrons. The van der Waals surface area contributed by atoms with Gasteiger partial charge in [-0.1, -0.05) is 18.5 Å². The molecule has 0 bridgehead atoms. The summed E-state index contributed by atoms with van der Waals surface area (Å²) < 4.78 is 11.3. The maximum Gasteiger partial charge on any atom is 0.243 e. The van der Waals surface area contributed by atoms with Gasteiger partial charge < -0.3 is 14.6 Å². The van der Waals surface area contributed by atoms with E-state index in [-0.39, 0.29) is 11.6 Å². The van der Waals surface area contributed by atoms with Crippen LogP contribution in [0.3, 0.4) is 0 Å². The van der Waals surface area contributed by atoms with E-state index in [0.29, 0.717) is 0 Å². The second-order valence-electron chi connectivity index (χ2n) is 6.34. The average Bonchev–Trinajstić information content (AvgIpc) is 3.00. The number of nitrogens with zero attached hydrogens (tertiary/aromatic N) is 2. The smallest absolute Gasteiger partial charge is 0.243 e. The van der Waals surface area contributed by atoms with E-state index >= 15 is 0 Å². The molecule has 1 saturated carbocycles. The van der Waals surface area contributed by atoms with Crippen molar-refractivity contribution in [3.8, 4) is 0 Å². The molecule has 1 aromatic rings. The lowest BCUT2D eigenvalue weighted by Crippen LogP contribution is -2.34. The van der Waals surface area contributed by atoms with Crippen molar-refractivity contribution in [2.24, 2.45) is 5.92 Å². The average molecular weight is 279 g/mol. The third-order valence-electron chi connectivity index (χ3n) is 4.93. The van der Waals surface area contributed by atoms with Crippen LogP contribution >= 0.6 is 0 Å². The van der Waals surface area contributed by atoms with Gasteiger partial charge in [0.1, 0.15) is 5.60 Å². The van der Waals surface area contributed by atoms with Crippen LogP contribution in [0.1, 0.15) is 69.6 Å². The lowest BCUT2D eigenvalue weighted by Gasteiger charge is -2.35. The molecule has 0 unspecified atom stereocenters. The SMILES string of the molecule is COC1(c2noc([C@@H]3CCCCN3)n2)CCC(C)CC1. The molecule has 0 radical (unpaired) electrons. The summed E-state index contributed by atoms with van der Waals surface area (Å²) in [6, 6.07) is 0.224. The molecule has 5 heteroatoms. The topological polar surface area (TPSA) is 60.2 Å². The normalized spacial score (nSPS) is 35.1. The van der Waals surface area contributed by atoms with Crippen LogP contribution in [0.25, 0.3) is 0 Å².